The van der Waals surface area contributed by atoms with Crippen molar-refractivity contribution in [3.8, 4) is 0 Å². The normalized spacial score (nSPS) is 9.65. The quantitative estimate of drug-likeness (QED) is 0.536. The fraction of sp³-hybridized carbons (Fsp3) is 0.800. The molecule has 0 fully saturated rings. The van der Waals surface area contributed by atoms with Gasteiger partial charge < -0.3 is 31.3 Å². The SMILES string of the molecule is CC(=O)[O-].CC(=O)[O-].CC(C)(N)C(C)(C)N.[Cu+2]. The van der Waals surface area contributed by atoms with Crippen LogP contribution in [0.15, 0.2) is 0 Å². The van der Waals surface area contributed by atoms with Crippen molar-refractivity contribution in [2.75, 3.05) is 0 Å². The van der Waals surface area contributed by atoms with Crippen LogP contribution in [0.3, 0.4) is 0 Å². The molecule has 0 bridgehead atoms. The first-order chi connectivity index (χ1) is 6.71. The summed E-state index contributed by atoms with van der Waals surface area (Å²) in [5, 5.41) is 17.8. The van der Waals surface area contributed by atoms with E-state index in [0.717, 1.165) is 13.8 Å². The van der Waals surface area contributed by atoms with E-state index in [4.69, 9.17) is 31.3 Å². The Balaban J connectivity index is -0.0000000806. The molecule has 0 aliphatic rings. The van der Waals surface area contributed by atoms with E-state index in [1.165, 1.54) is 0 Å². The maximum atomic E-state index is 8.89. The summed E-state index contributed by atoms with van der Waals surface area (Å²) in [6, 6.07) is 0. The first-order valence-corrected chi connectivity index (χ1v) is 4.64. The van der Waals surface area contributed by atoms with Gasteiger partial charge >= 0.3 is 17.1 Å². The number of hydrogen-bond donors (Lipinski definition) is 2. The fourth-order valence-corrected chi connectivity index (χ4v) is 0. The molecule has 0 unspecified atom stereocenters. The molecular weight excluding hydrogens is 276 g/mol. The maximum absolute atomic E-state index is 8.89. The molecule has 0 aromatic rings. The number of hydrogen-bond acceptors (Lipinski definition) is 6. The molecule has 17 heavy (non-hydrogen) atoms. The van der Waals surface area contributed by atoms with E-state index in [1.54, 1.807) is 0 Å². The van der Waals surface area contributed by atoms with Crippen molar-refractivity contribution in [3.05, 3.63) is 0 Å². The Kier molecular flexibility index (Phi) is 15.7. The van der Waals surface area contributed by atoms with Crippen LogP contribution in [0.4, 0.5) is 0 Å². The van der Waals surface area contributed by atoms with Crippen molar-refractivity contribution < 1.29 is 36.9 Å². The smallest absolute Gasteiger partial charge is 0.550 e. The van der Waals surface area contributed by atoms with Crippen LogP contribution >= 0.6 is 0 Å². The molecule has 0 amide bonds. The molecular formula is C10H22CuN2O4. The van der Waals surface area contributed by atoms with Crippen molar-refractivity contribution in [1.82, 2.24) is 0 Å². The fourth-order valence-electron chi connectivity index (χ4n) is 0. The van der Waals surface area contributed by atoms with E-state index in [1.807, 2.05) is 27.7 Å². The molecule has 0 aliphatic heterocycles. The Bertz CT molecular complexity index is 187. The Hall–Kier alpha value is -0.621. The standard InChI is InChI=1S/C6H16N2.2C2H4O2.Cu/c1-5(2,7)6(3,4)8;2*1-2(3)4;/h7-8H2,1-4H3;2*1H3,(H,3,4);/q;;;+2/p-2. The molecule has 1 radical (unpaired) electrons. The molecule has 0 rings (SSSR count). The maximum Gasteiger partial charge on any atom is 2.00 e. The molecule has 6 nitrogen and oxygen atoms in total. The second kappa shape index (κ2) is 10.5. The van der Waals surface area contributed by atoms with Crippen molar-refractivity contribution >= 4 is 11.9 Å². The summed E-state index contributed by atoms with van der Waals surface area (Å²) in [5.74, 6) is -2.17. The number of carboxylic acid groups (broad SMARTS) is 2. The largest absolute Gasteiger partial charge is 2.00 e. The van der Waals surface area contributed by atoms with Gasteiger partial charge in [0.2, 0.25) is 0 Å². The van der Waals surface area contributed by atoms with Gasteiger partial charge in [-0.05, 0) is 41.5 Å². The molecule has 0 saturated carbocycles. The number of nitrogens with two attached hydrogens (primary N) is 2. The van der Waals surface area contributed by atoms with E-state index in [9.17, 15) is 0 Å². The zero-order chi connectivity index (χ0) is 14.2. The van der Waals surface area contributed by atoms with Crippen LogP contribution in [0, 0.1) is 0 Å². The van der Waals surface area contributed by atoms with Crippen molar-refractivity contribution in [2.24, 2.45) is 11.5 Å². The minimum atomic E-state index is -1.08. The number of carboxylic acids is 2. The van der Waals surface area contributed by atoms with Crippen molar-refractivity contribution in [2.45, 2.75) is 52.6 Å². The third-order valence-corrected chi connectivity index (χ3v) is 1.66. The van der Waals surface area contributed by atoms with Gasteiger partial charge in [-0.15, -0.1) is 0 Å². The number of rotatable bonds is 1. The number of carbonyl (C=O) groups excluding carboxylic acids is 2. The first-order valence-electron chi connectivity index (χ1n) is 4.64. The zero-order valence-corrected chi connectivity index (χ0v) is 12.0. The Labute approximate surface area is 113 Å². The third-order valence-electron chi connectivity index (χ3n) is 1.66. The second-order valence-electron chi connectivity index (χ2n) is 4.43. The van der Waals surface area contributed by atoms with Gasteiger partial charge in [-0.25, -0.2) is 0 Å². The van der Waals surface area contributed by atoms with Gasteiger partial charge in [0.25, 0.3) is 0 Å². The van der Waals surface area contributed by atoms with Gasteiger partial charge in [0.05, 0.1) is 0 Å². The molecule has 0 aromatic heterocycles. The summed E-state index contributed by atoms with van der Waals surface area (Å²) in [4.78, 5) is 17.8. The predicted octanol–water partition coefficient (Wildman–Crippen LogP) is -2.03. The zero-order valence-electron chi connectivity index (χ0n) is 11.1. The summed E-state index contributed by atoms with van der Waals surface area (Å²) >= 11 is 0. The van der Waals surface area contributed by atoms with Gasteiger partial charge in [-0.2, -0.15) is 0 Å². The second-order valence-corrected chi connectivity index (χ2v) is 4.43. The van der Waals surface area contributed by atoms with Crippen LogP contribution in [-0.4, -0.2) is 23.0 Å². The van der Waals surface area contributed by atoms with Crippen molar-refractivity contribution in [3.63, 3.8) is 0 Å². The van der Waals surface area contributed by atoms with Gasteiger partial charge in [-0.1, -0.05) is 0 Å². The summed E-state index contributed by atoms with van der Waals surface area (Å²) in [6.07, 6.45) is 0. The van der Waals surface area contributed by atoms with E-state index < -0.39 is 11.9 Å². The Morgan fingerprint density at radius 1 is 0.824 bits per heavy atom. The van der Waals surface area contributed by atoms with Gasteiger partial charge in [0, 0.05) is 23.0 Å². The van der Waals surface area contributed by atoms with E-state index >= 15 is 0 Å². The summed E-state index contributed by atoms with van der Waals surface area (Å²) in [7, 11) is 0. The van der Waals surface area contributed by atoms with Crippen LogP contribution in [0.25, 0.3) is 0 Å². The van der Waals surface area contributed by atoms with Gasteiger partial charge in [0.15, 0.2) is 0 Å². The monoisotopic (exact) mass is 297 g/mol. The molecule has 7 heteroatoms. The van der Waals surface area contributed by atoms with Crippen molar-refractivity contribution in [1.29, 1.82) is 0 Å². The van der Waals surface area contributed by atoms with Crippen LogP contribution in [-0.2, 0) is 26.7 Å². The third kappa shape index (κ3) is 39.2. The van der Waals surface area contributed by atoms with Gasteiger partial charge in [-0.3, -0.25) is 0 Å². The van der Waals surface area contributed by atoms with Gasteiger partial charge in [0.1, 0.15) is 0 Å². The molecule has 0 heterocycles. The van der Waals surface area contributed by atoms with E-state index in [0.29, 0.717) is 0 Å². The summed E-state index contributed by atoms with van der Waals surface area (Å²) < 4.78 is 0. The summed E-state index contributed by atoms with van der Waals surface area (Å²) in [6.45, 7) is 9.64. The van der Waals surface area contributed by atoms with Crippen LogP contribution in [0.2, 0.25) is 0 Å². The average Bonchev–Trinajstić information content (AvgIpc) is 1.76. The first kappa shape index (κ1) is 25.3. The molecule has 0 aromatic carbocycles. The predicted molar refractivity (Wildman–Crippen MR) is 57.9 cm³/mol. The average molecular weight is 298 g/mol. The van der Waals surface area contributed by atoms with E-state index in [2.05, 4.69) is 0 Å². The molecule has 4 N–H and O–H groups in total. The minimum absolute atomic E-state index is 0. The molecule has 107 valence electrons. The van der Waals surface area contributed by atoms with E-state index in [-0.39, 0.29) is 28.1 Å². The molecule has 0 aliphatic carbocycles. The number of carbonyl (C=O) groups is 2. The minimum Gasteiger partial charge on any atom is -0.550 e. The topological polar surface area (TPSA) is 132 Å². The van der Waals surface area contributed by atoms with Crippen LogP contribution in [0.1, 0.15) is 41.5 Å². The Morgan fingerprint density at radius 2 is 0.882 bits per heavy atom. The van der Waals surface area contributed by atoms with Crippen LogP contribution in [0.5, 0.6) is 0 Å². The summed E-state index contributed by atoms with van der Waals surface area (Å²) in [5.41, 5.74) is 10.8. The molecule has 0 atom stereocenters. The molecule has 0 spiro atoms. The Morgan fingerprint density at radius 3 is 0.882 bits per heavy atom. The molecule has 0 saturated heterocycles. The van der Waals surface area contributed by atoms with Crippen LogP contribution < -0.4 is 21.7 Å². The number of aliphatic carboxylic acids is 2.